The Bertz CT molecular complexity index is 1240. The second kappa shape index (κ2) is 15.3. The molecule has 10 heteroatoms. The number of ketones is 2. The summed E-state index contributed by atoms with van der Waals surface area (Å²) in [6.45, 7) is 12.1. The number of benzene rings is 1. The van der Waals surface area contributed by atoms with Crippen molar-refractivity contribution in [3.8, 4) is 0 Å². The monoisotopic (exact) mass is 613 g/mol. The van der Waals surface area contributed by atoms with Crippen molar-refractivity contribution in [2.75, 3.05) is 57.8 Å². The van der Waals surface area contributed by atoms with Crippen molar-refractivity contribution < 1.29 is 33.4 Å². The van der Waals surface area contributed by atoms with Crippen molar-refractivity contribution in [1.82, 2.24) is 9.80 Å². The Hall–Kier alpha value is -3.08. The number of anilines is 1. The van der Waals surface area contributed by atoms with E-state index in [9.17, 15) is 23.9 Å². The molecule has 4 rings (SSSR count). The Morgan fingerprint density at radius 3 is 2.48 bits per heavy atom. The van der Waals surface area contributed by atoms with Crippen LogP contribution in [0.2, 0.25) is 0 Å². The Morgan fingerprint density at radius 1 is 1.05 bits per heavy atom. The number of amides is 1. The molecule has 242 valence electrons. The number of likely N-dealkylation sites (N-methyl/N-ethyl adjacent to an activating group) is 1. The van der Waals surface area contributed by atoms with E-state index >= 15 is 0 Å². The fraction of sp³-hybridized carbons (Fsp3) is 0.618. The van der Waals surface area contributed by atoms with Crippen molar-refractivity contribution in [2.24, 2.45) is 17.8 Å². The third-order valence-corrected chi connectivity index (χ3v) is 9.02. The molecular weight excluding hydrogens is 565 g/mol. The first-order valence-electron chi connectivity index (χ1n) is 15.8. The summed E-state index contributed by atoms with van der Waals surface area (Å²) in [5.74, 6) is -2.97. The number of hydrogen-bond acceptors (Lipinski definition) is 8. The van der Waals surface area contributed by atoms with Crippen LogP contribution in [0.5, 0.6) is 0 Å². The van der Waals surface area contributed by atoms with E-state index in [4.69, 9.17) is 9.47 Å². The summed E-state index contributed by atoms with van der Waals surface area (Å²) in [6.07, 6.45) is 4.08. The molecular formula is C34H48FN3O6. The van der Waals surface area contributed by atoms with Gasteiger partial charge in [0.2, 0.25) is 11.6 Å². The summed E-state index contributed by atoms with van der Waals surface area (Å²) in [5.41, 5.74) is 1.93. The van der Waals surface area contributed by atoms with Crippen LogP contribution >= 0.6 is 0 Å². The third kappa shape index (κ3) is 8.99. The van der Waals surface area contributed by atoms with Gasteiger partial charge in [0.05, 0.1) is 24.7 Å². The highest BCUT2D eigenvalue weighted by Gasteiger charge is 2.33. The number of carbonyl (C=O) groups excluding carboxylic acids is 3. The molecule has 1 aromatic carbocycles. The van der Waals surface area contributed by atoms with Gasteiger partial charge in [0.1, 0.15) is 11.9 Å². The van der Waals surface area contributed by atoms with Crippen LogP contribution in [0.1, 0.15) is 52.5 Å². The molecule has 44 heavy (non-hydrogen) atoms. The van der Waals surface area contributed by atoms with Crippen LogP contribution < -0.4 is 4.90 Å². The number of Topliss-reactive ketones (excluding diaryl/α,β-unsaturated/α-hetero) is 2. The Morgan fingerprint density at radius 2 is 1.77 bits per heavy atom. The summed E-state index contributed by atoms with van der Waals surface area (Å²) in [4.78, 5) is 45.7. The lowest BCUT2D eigenvalue weighted by atomic mass is 9.80. The lowest BCUT2D eigenvalue weighted by molar-refractivity contribution is -0.140. The summed E-state index contributed by atoms with van der Waals surface area (Å²) in [7, 11) is 2.02. The molecule has 6 atom stereocenters. The number of piperazine rings is 1. The first-order chi connectivity index (χ1) is 20.9. The Balaban J connectivity index is 1.61. The number of allylic oxidation sites excluding steroid dienone is 2. The molecule has 2 heterocycles. The van der Waals surface area contributed by atoms with E-state index in [1.165, 1.54) is 12.1 Å². The molecule has 3 aliphatic rings. The predicted octanol–water partition coefficient (Wildman–Crippen LogP) is 4.33. The van der Waals surface area contributed by atoms with Crippen LogP contribution in [0.4, 0.5) is 14.9 Å². The maximum atomic E-state index is 14.8. The standard InChI is InChI=1S/C34H48FN3O6/c1-22-6-8-29(39)20-30(40)33(41)32(23(2)7-9-31(22)44-34(42)37-12-10-36(5)11-13-37)24(3)16-26-17-27(35)19-28(18-26)38-14-15-43-25(4)21-38/h7,9,16-19,22-23,25,29,31-32,39H,6,8,10-15,20-21H2,1-5H3/b9-7+,24-16+/t22-,23+,25?,29+,31+,32+/m1/s1. The van der Waals surface area contributed by atoms with E-state index in [0.717, 1.165) is 18.8 Å². The molecule has 1 aromatic rings. The highest BCUT2D eigenvalue weighted by molar-refractivity contribution is 6.38. The highest BCUT2D eigenvalue weighted by Crippen LogP contribution is 2.30. The zero-order valence-corrected chi connectivity index (χ0v) is 26.7. The van der Waals surface area contributed by atoms with Crippen LogP contribution in [0.15, 0.2) is 35.9 Å². The van der Waals surface area contributed by atoms with E-state index in [1.54, 1.807) is 17.9 Å². The Labute approximate surface area is 260 Å². The normalized spacial score (nSPS) is 30.8. The molecule has 1 amide bonds. The van der Waals surface area contributed by atoms with Crippen molar-refractivity contribution in [2.45, 2.75) is 65.3 Å². The first-order valence-corrected chi connectivity index (χ1v) is 15.8. The minimum absolute atomic E-state index is 0.0305. The minimum Gasteiger partial charge on any atom is -0.442 e. The van der Waals surface area contributed by atoms with Gasteiger partial charge in [-0.05, 0) is 75.4 Å². The number of hydrogen-bond donors (Lipinski definition) is 1. The van der Waals surface area contributed by atoms with Gasteiger partial charge in [-0.25, -0.2) is 9.18 Å². The zero-order valence-electron chi connectivity index (χ0n) is 26.7. The van der Waals surface area contributed by atoms with Crippen molar-refractivity contribution in [3.63, 3.8) is 0 Å². The van der Waals surface area contributed by atoms with Gasteiger partial charge in [-0.3, -0.25) is 9.59 Å². The molecule has 0 saturated carbocycles. The lowest BCUT2D eigenvalue weighted by Gasteiger charge is -2.33. The molecule has 2 fully saturated rings. The predicted molar refractivity (Wildman–Crippen MR) is 168 cm³/mol. The molecule has 0 spiro atoms. The molecule has 2 aliphatic heterocycles. The summed E-state index contributed by atoms with van der Waals surface area (Å²) in [5, 5.41) is 10.6. The molecule has 2 saturated heterocycles. The van der Waals surface area contributed by atoms with Gasteiger partial charge in [0.15, 0.2) is 0 Å². The van der Waals surface area contributed by atoms with Crippen LogP contribution in [0, 0.1) is 23.6 Å². The Kier molecular flexibility index (Phi) is 11.7. The number of ether oxygens (including phenoxy) is 2. The average molecular weight is 614 g/mol. The van der Waals surface area contributed by atoms with Gasteiger partial charge >= 0.3 is 6.09 Å². The van der Waals surface area contributed by atoms with Gasteiger partial charge in [-0.1, -0.05) is 31.6 Å². The fourth-order valence-electron chi connectivity index (χ4n) is 6.26. The zero-order chi connectivity index (χ0) is 32.0. The number of aliphatic hydroxyl groups is 1. The molecule has 1 N–H and O–H groups in total. The first kappa shape index (κ1) is 33.8. The summed E-state index contributed by atoms with van der Waals surface area (Å²) < 4.78 is 26.4. The van der Waals surface area contributed by atoms with E-state index in [0.29, 0.717) is 56.8 Å². The number of aliphatic hydroxyl groups excluding tert-OH is 1. The van der Waals surface area contributed by atoms with Crippen LogP contribution in [0.25, 0.3) is 6.08 Å². The molecule has 0 radical (unpaired) electrons. The van der Waals surface area contributed by atoms with Crippen molar-refractivity contribution in [3.05, 3.63) is 47.3 Å². The van der Waals surface area contributed by atoms with Crippen LogP contribution in [-0.4, -0.2) is 104 Å². The lowest BCUT2D eigenvalue weighted by Crippen LogP contribution is -2.48. The van der Waals surface area contributed by atoms with Crippen LogP contribution in [0.3, 0.4) is 0 Å². The molecule has 0 bridgehead atoms. The fourth-order valence-corrected chi connectivity index (χ4v) is 6.26. The summed E-state index contributed by atoms with van der Waals surface area (Å²) in [6, 6.07) is 4.79. The van der Waals surface area contributed by atoms with Gasteiger partial charge < -0.3 is 29.3 Å². The van der Waals surface area contributed by atoms with Gasteiger partial charge in [0, 0.05) is 51.4 Å². The number of rotatable bonds is 4. The number of morpholine rings is 1. The van der Waals surface area contributed by atoms with Crippen molar-refractivity contribution >= 4 is 29.4 Å². The maximum absolute atomic E-state index is 14.8. The average Bonchev–Trinajstić information content (AvgIpc) is 2.97. The van der Waals surface area contributed by atoms with E-state index in [1.807, 2.05) is 46.0 Å². The highest BCUT2D eigenvalue weighted by atomic mass is 19.1. The van der Waals surface area contributed by atoms with Crippen LogP contribution in [-0.2, 0) is 19.1 Å². The number of carbonyl (C=O) groups is 3. The van der Waals surface area contributed by atoms with Crippen molar-refractivity contribution in [1.29, 1.82) is 0 Å². The van der Waals surface area contributed by atoms with Gasteiger partial charge in [-0.2, -0.15) is 0 Å². The van der Waals surface area contributed by atoms with E-state index < -0.39 is 41.4 Å². The molecule has 1 unspecified atom stereocenters. The summed E-state index contributed by atoms with van der Waals surface area (Å²) >= 11 is 0. The van der Waals surface area contributed by atoms with E-state index in [-0.39, 0.29) is 24.5 Å². The molecule has 1 aliphatic carbocycles. The quantitative estimate of drug-likeness (QED) is 0.396. The third-order valence-electron chi connectivity index (χ3n) is 9.02. The molecule has 9 nitrogen and oxygen atoms in total. The number of nitrogens with zero attached hydrogens (tertiary/aromatic N) is 3. The number of halogens is 1. The maximum Gasteiger partial charge on any atom is 0.410 e. The van der Waals surface area contributed by atoms with Gasteiger partial charge in [-0.15, -0.1) is 0 Å². The smallest absolute Gasteiger partial charge is 0.410 e. The largest absolute Gasteiger partial charge is 0.442 e. The molecule has 0 aromatic heterocycles. The van der Waals surface area contributed by atoms with E-state index in [2.05, 4.69) is 9.80 Å². The second-order valence-corrected chi connectivity index (χ2v) is 12.8. The SMILES string of the molecule is C/C(=C\c1cc(F)cc(N2CCOC(C)C2)c1)[C@H]1C(=O)C(=O)C[C@@H](O)CC[C@@H](C)[C@@H](OC(=O)N2CCN(C)CC2)/C=C/[C@@H]1C. The minimum atomic E-state index is -0.978. The topological polar surface area (TPSA) is 99.6 Å². The second-order valence-electron chi connectivity index (χ2n) is 12.8. The van der Waals surface area contributed by atoms with Gasteiger partial charge in [0.25, 0.3) is 0 Å².